The molecule has 0 radical (unpaired) electrons. The predicted molar refractivity (Wildman–Crippen MR) is 123 cm³/mol. The second-order valence-corrected chi connectivity index (χ2v) is 8.38. The molecule has 0 spiro atoms. The van der Waals surface area contributed by atoms with Crippen molar-refractivity contribution in [1.29, 1.82) is 0 Å². The Bertz CT molecular complexity index is 1030. The molecule has 174 valence electrons. The SMILES string of the molecule is CCOC(=O)[C@@H]1CC[C@@H](C(=O)N2CCN(C(=O)c3ccccc3OC)CC2)c2ccccc21. The molecule has 1 aliphatic heterocycles. The Morgan fingerprint density at radius 3 is 2.09 bits per heavy atom. The third kappa shape index (κ3) is 4.58. The average molecular weight is 451 g/mol. The van der Waals surface area contributed by atoms with Crippen molar-refractivity contribution in [2.75, 3.05) is 39.9 Å². The van der Waals surface area contributed by atoms with E-state index in [0.29, 0.717) is 56.9 Å². The molecule has 2 aliphatic rings. The van der Waals surface area contributed by atoms with Crippen LogP contribution in [0.15, 0.2) is 48.5 Å². The fraction of sp³-hybridized carbons (Fsp3) is 0.423. The molecule has 4 rings (SSSR count). The van der Waals surface area contributed by atoms with Crippen molar-refractivity contribution in [2.24, 2.45) is 0 Å². The number of carbonyl (C=O) groups excluding carboxylic acids is 3. The summed E-state index contributed by atoms with van der Waals surface area (Å²) in [5, 5.41) is 0. The van der Waals surface area contributed by atoms with E-state index in [2.05, 4.69) is 0 Å². The molecule has 1 saturated heterocycles. The number of nitrogens with zero attached hydrogens (tertiary/aromatic N) is 2. The lowest BCUT2D eigenvalue weighted by Crippen LogP contribution is -2.52. The van der Waals surface area contributed by atoms with Gasteiger partial charge in [-0.3, -0.25) is 14.4 Å². The van der Waals surface area contributed by atoms with Crippen LogP contribution in [0, 0.1) is 0 Å². The van der Waals surface area contributed by atoms with Gasteiger partial charge in [0.05, 0.1) is 31.1 Å². The van der Waals surface area contributed by atoms with E-state index >= 15 is 0 Å². The number of esters is 1. The molecule has 2 aromatic rings. The summed E-state index contributed by atoms with van der Waals surface area (Å²) >= 11 is 0. The Kier molecular flexibility index (Phi) is 6.96. The van der Waals surface area contributed by atoms with Gasteiger partial charge in [0.2, 0.25) is 5.91 Å². The zero-order chi connectivity index (χ0) is 23.4. The van der Waals surface area contributed by atoms with Gasteiger partial charge >= 0.3 is 5.97 Å². The van der Waals surface area contributed by atoms with Gasteiger partial charge in [0, 0.05) is 26.2 Å². The Morgan fingerprint density at radius 2 is 1.42 bits per heavy atom. The van der Waals surface area contributed by atoms with Gasteiger partial charge in [0.25, 0.3) is 5.91 Å². The fourth-order valence-electron chi connectivity index (χ4n) is 4.88. The Labute approximate surface area is 194 Å². The first-order valence-corrected chi connectivity index (χ1v) is 11.5. The molecule has 7 nitrogen and oxygen atoms in total. The van der Waals surface area contributed by atoms with Crippen LogP contribution in [0.25, 0.3) is 0 Å². The van der Waals surface area contributed by atoms with Crippen LogP contribution in [0.4, 0.5) is 0 Å². The predicted octanol–water partition coefficient (Wildman–Crippen LogP) is 3.20. The van der Waals surface area contributed by atoms with Gasteiger partial charge in [-0.05, 0) is 43.0 Å². The van der Waals surface area contributed by atoms with E-state index in [1.54, 1.807) is 31.1 Å². The summed E-state index contributed by atoms with van der Waals surface area (Å²) in [7, 11) is 1.55. The lowest BCUT2D eigenvalue weighted by Gasteiger charge is -2.38. The number of methoxy groups -OCH3 is 1. The van der Waals surface area contributed by atoms with Crippen molar-refractivity contribution in [3.63, 3.8) is 0 Å². The molecule has 0 bridgehead atoms. The minimum Gasteiger partial charge on any atom is -0.496 e. The van der Waals surface area contributed by atoms with E-state index in [4.69, 9.17) is 9.47 Å². The summed E-state index contributed by atoms with van der Waals surface area (Å²) < 4.78 is 10.6. The van der Waals surface area contributed by atoms with E-state index in [0.717, 1.165) is 11.1 Å². The maximum atomic E-state index is 13.5. The molecule has 7 heteroatoms. The molecule has 0 saturated carbocycles. The first kappa shape index (κ1) is 22.8. The van der Waals surface area contributed by atoms with Gasteiger partial charge in [-0.2, -0.15) is 0 Å². The second-order valence-electron chi connectivity index (χ2n) is 8.38. The van der Waals surface area contributed by atoms with Crippen molar-refractivity contribution in [3.8, 4) is 5.75 Å². The summed E-state index contributed by atoms with van der Waals surface area (Å²) in [6.45, 7) is 4.07. The molecule has 0 aromatic heterocycles. The standard InChI is InChI=1S/C26H30N2O5/c1-3-33-26(31)21-13-12-20(18-8-4-5-9-19(18)21)24(29)27-14-16-28(17-15-27)25(30)22-10-6-7-11-23(22)32-2/h4-11,20-21H,3,12-17H2,1-2H3/t20-,21-/m1/s1. The number of benzene rings is 2. The van der Waals surface area contributed by atoms with Crippen molar-refractivity contribution in [2.45, 2.75) is 31.6 Å². The molecule has 2 amide bonds. The highest BCUT2D eigenvalue weighted by atomic mass is 16.5. The minimum absolute atomic E-state index is 0.0640. The van der Waals surface area contributed by atoms with E-state index in [1.165, 1.54) is 0 Å². The molecule has 1 heterocycles. The molecule has 1 fully saturated rings. The summed E-state index contributed by atoms with van der Waals surface area (Å²) in [6.07, 6.45) is 1.21. The van der Waals surface area contributed by atoms with Crippen molar-refractivity contribution in [1.82, 2.24) is 9.80 Å². The Hall–Kier alpha value is -3.35. The number of carbonyl (C=O) groups is 3. The van der Waals surface area contributed by atoms with Crippen LogP contribution in [0.1, 0.15) is 53.1 Å². The second kappa shape index (κ2) is 10.1. The monoisotopic (exact) mass is 450 g/mol. The number of ether oxygens (including phenoxy) is 2. The third-order valence-electron chi connectivity index (χ3n) is 6.58. The first-order chi connectivity index (χ1) is 16.0. The third-order valence-corrected chi connectivity index (χ3v) is 6.58. The zero-order valence-electron chi connectivity index (χ0n) is 19.2. The molecule has 2 aromatic carbocycles. The normalized spacial score (nSPS) is 20.1. The molecular weight excluding hydrogens is 420 g/mol. The van der Waals surface area contributed by atoms with E-state index in [1.807, 2.05) is 41.3 Å². The van der Waals surface area contributed by atoms with Crippen LogP contribution in [0.2, 0.25) is 0 Å². The van der Waals surface area contributed by atoms with Gasteiger partial charge in [0.15, 0.2) is 0 Å². The highest BCUT2D eigenvalue weighted by Crippen LogP contribution is 2.40. The maximum Gasteiger partial charge on any atom is 0.313 e. The Balaban J connectivity index is 1.44. The number of amides is 2. The highest BCUT2D eigenvalue weighted by Gasteiger charge is 2.38. The first-order valence-electron chi connectivity index (χ1n) is 11.5. The minimum atomic E-state index is -0.319. The smallest absolute Gasteiger partial charge is 0.313 e. The topological polar surface area (TPSA) is 76.2 Å². The van der Waals surface area contributed by atoms with E-state index < -0.39 is 0 Å². The number of para-hydroxylation sites is 1. The van der Waals surface area contributed by atoms with Gasteiger partial charge < -0.3 is 19.3 Å². The van der Waals surface area contributed by atoms with Crippen LogP contribution in [-0.4, -0.2) is 67.5 Å². The lowest BCUT2D eigenvalue weighted by atomic mass is 9.76. The molecule has 1 aliphatic carbocycles. The van der Waals surface area contributed by atoms with Crippen LogP contribution >= 0.6 is 0 Å². The van der Waals surface area contributed by atoms with Gasteiger partial charge in [-0.25, -0.2) is 0 Å². The van der Waals surface area contributed by atoms with Gasteiger partial charge in [0.1, 0.15) is 5.75 Å². The van der Waals surface area contributed by atoms with Gasteiger partial charge in [-0.15, -0.1) is 0 Å². The van der Waals surface area contributed by atoms with Crippen LogP contribution in [-0.2, 0) is 14.3 Å². The maximum absolute atomic E-state index is 13.5. The summed E-state index contributed by atoms with van der Waals surface area (Å²) in [6, 6.07) is 14.9. The van der Waals surface area contributed by atoms with Crippen molar-refractivity contribution < 1.29 is 23.9 Å². The number of hydrogen-bond acceptors (Lipinski definition) is 5. The molecule has 2 atom stereocenters. The number of fused-ring (bicyclic) bond motifs is 1. The molecular formula is C26H30N2O5. The quantitative estimate of drug-likeness (QED) is 0.654. The van der Waals surface area contributed by atoms with E-state index in [9.17, 15) is 14.4 Å². The fourth-order valence-corrected chi connectivity index (χ4v) is 4.88. The van der Waals surface area contributed by atoms with Crippen LogP contribution < -0.4 is 4.74 Å². The number of rotatable bonds is 5. The largest absolute Gasteiger partial charge is 0.496 e. The summed E-state index contributed by atoms with van der Waals surface area (Å²) in [5.74, 6) is -0.284. The van der Waals surface area contributed by atoms with Crippen LogP contribution in [0.5, 0.6) is 5.75 Å². The average Bonchev–Trinajstić information content (AvgIpc) is 2.87. The van der Waals surface area contributed by atoms with Crippen LogP contribution in [0.3, 0.4) is 0 Å². The summed E-state index contributed by atoms with van der Waals surface area (Å²) in [5.41, 5.74) is 2.34. The lowest BCUT2D eigenvalue weighted by molar-refractivity contribution is -0.146. The van der Waals surface area contributed by atoms with Crippen molar-refractivity contribution in [3.05, 3.63) is 65.2 Å². The number of hydrogen-bond donors (Lipinski definition) is 0. The molecule has 33 heavy (non-hydrogen) atoms. The van der Waals surface area contributed by atoms with Crippen molar-refractivity contribution >= 4 is 17.8 Å². The number of piperazine rings is 1. The highest BCUT2D eigenvalue weighted by molar-refractivity contribution is 5.97. The van der Waals surface area contributed by atoms with E-state index in [-0.39, 0.29) is 29.6 Å². The molecule has 0 unspecified atom stereocenters. The van der Waals surface area contributed by atoms with Gasteiger partial charge in [-0.1, -0.05) is 36.4 Å². The zero-order valence-corrected chi connectivity index (χ0v) is 19.2. The Morgan fingerprint density at radius 1 is 0.848 bits per heavy atom. The molecule has 0 N–H and O–H groups in total. The summed E-state index contributed by atoms with van der Waals surface area (Å²) in [4.78, 5) is 42.5.